The van der Waals surface area contributed by atoms with Gasteiger partial charge in [0.25, 0.3) is 10.0 Å². The van der Waals surface area contributed by atoms with Crippen molar-refractivity contribution in [2.75, 3.05) is 18.9 Å². The number of hydrogen-bond donors (Lipinski definition) is 1. The lowest BCUT2D eigenvalue weighted by atomic mass is 10.2. The molecule has 0 radical (unpaired) electrons. The number of halogens is 5. The first-order chi connectivity index (χ1) is 17.4. The molecule has 0 saturated heterocycles. The maximum atomic E-state index is 14.8. The predicted molar refractivity (Wildman–Crippen MR) is 131 cm³/mol. The molecular weight excluding hydrogens is 584 g/mol. The van der Waals surface area contributed by atoms with Crippen LogP contribution < -0.4 is 18.9 Å². The van der Waals surface area contributed by atoms with Crippen molar-refractivity contribution in [3.63, 3.8) is 0 Å². The molecule has 1 N–H and O–H groups in total. The van der Waals surface area contributed by atoms with Gasteiger partial charge in [0.15, 0.2) is 17.3 Å². The van der Waals surface area contributed by atoms with E-state index in [4.69, 9.17) is 14.2 Å². The third kappa shape index (κ3) is 5.57. The van der Waals surface area contributed by atoms with E-state index in [1.165, 1.54) is 32.5 Å². The van der Waals surface area contributed by atoms with Crippen molar-refractivity contribution in [3.05, 3.63) is 76.6 Å². The number of methoxy groups -OCH3 is 2. The summed E-state index contributed by atoms with van der Waals surface area (Å²) in [5.74, 6) is 0.0896. The highest BCUT2D eigenvalue weighted by Crippen LogP contribution is 2.39. The average Bonchev–Trinajstić information content (AvgIpc) is 2.84. The fraction of sp³-hybridized carbons (Fsp3) is 0.125. The van der Waals surface area contributed by atoms with Crippen LogP contribution >= 0.6 is 15.9 Å². The van der Waals surface area contributed by atoms with E-state index < -0.39 is 38.2 Å². The SMILES string of the molecule is COc1cc2nccc(Oc3ccc(NS(=O)(=O)c4ccc(Br)cc4C(F)(F)F)c(F)c3)c2cc1OC. The van der Waals surface area contributed by atoms with E-state index in [0.717, 1.165) is 24.3 Å². The third-order valence-electron chi connectivity index (χ3n) is 5.16. The highest BCUT2D eigenvalue weighted by molar-refractivity contribution is 9.10. The lowest BCUT2D eigenvalue weighted by Gasteiger charge is -2.16. The van der Waals surface area contributed by atoms with Gasteiger partial charge in [-0.1, -0.05) is 15.9 Å². The minimum atomic E-state index is -4.95. The molecule has 1 aromatic heterocycles. The molecule has 37 heavy (non-hydrogen) atoms. The molecule has 194 valence electrons. The molecule has 4 aromatic rings. The first-order valence-electron chi connectivity index (χ1n) is 10.3. The largest absolute Gasteiger partial charge is 0.493 e. The zero-order chi connectivity index (χ0) is 27.0. The smallest absolute Gasteiger partial charge is 0.417 e. The number of sulfonamides is 1. The van der Waals surface area contributed by atoms with E-state index in [0.29, 0.717) is 34.2 Å². The molecule has 0 saturated carbocycles. The molecule has 4 rings (SSSR count). The average molecular weight is 601 g/mol. The number of alkyl halides is 3. The number of benzene rings is 3. The molecule has 0 fully saturated rings. The van der Waals surface area contributed by atoms with Crippen LogP contribution in [0.4, 0.5) is 23.2 Å². The maximum absolute atomic E-state index is 14.8. The fourth-order valence-corrected chi connectivity index (χ4v) is 5.10. The zero-order valence-electron chi connectivity index (χ0n) is 19.1. The molecule has 1 heterocycles. The summed E-state index contributed by atoms with van der Waals surface area (Å²) >= 11 is 2.89. The van der Waals surface area contributed by atoms with E-state index in [-0.39, 0.29) is 10.2 Å². The molecule has 0 aliphatic heterocycles. The normalized spacial score (nSPS) is 11.9. The van der Waals surface area contributed by atoms with Crippen molar-refractivity contribution in [2.45, 2.75) is 11.1 Å². The van der Waals surface area contributed by atoms with Gasteiger partial charge >= 0.3 is 6.18 Å². The van der Waals surface area contributed by atoms with Crippen LogP contribution in [-0.2, 0) is 16.2 Å². The van der Waals surface area contributed by atoms with Crippen molar-refractivity contribution in [3.8, 4) is 23.0 Å². The first kappa shape index (κ1) is 26.5. The Morgan fingerprint density at radius 1 is 0.919 bits per heavy atom. The summed E-state index contributed by atoms with van der Waals surface area (Å²) in [6.45, 7) is 0. The molecule has 13 heteroatoms. The van der Waals surface area contributed by atoms with Crippen LogP contribution in [0, 0.1) is 5.82 Å². The van der Waals surface area contributed by atoms with Gasteiger partial charge in [0.2, 0.25) is 0 Å². The van der Waals surface area contributed by atoms with Gasteiger partial charge in [0, 0.05) is 28.2 Å². The third-order valence-corrected chi connectivity index (χ3v) is 7.07. The standard InChI is InChI=1S/C24H17BrF4N2O5S/c1-34-21-11-15-19(12-22(21)35-2)30-8-7-20(15)36-14-4-5-18(17(26)10-14)31-37(32,33)23-6-3-13(25)9-16(23)24(27,28)29/h3-12,31H,1-2H3. The van der Waals surface area contributed by atoms with Crippen LogP contribution in [0.15, 0.2) is 70.2 Å². The molecule has 0 aliphatic rings. The molecule has 3 aromatic carbocycles. The number of pyridine rings is 1. The van der Waals surface area contributed by atoms with E-state index in [9.17, 15) is 26.0 Å². The van der Waals surface area contributed by atoms with Gasteiger partial charge in [0.1, 0.15) is 11.5 Å². The first-order valence-corrected chi connectivity index (χ1v) is 12.6. The topological polar surface area (TPSA) is 86.8 Å². The van der Waals surface area contributed by atoms with Gasteiger partial charge < -0.3 is 14.2 Å². The van der Waals surface area contributed by atoms with Crippen molar-refractivity contribution >= 4 is 42.5 Å². The van der Waals surface area contributed by atoms with Crippen LogP contribution in [0.2, 0.25) is 0 Å². The summed E-state index contributed by atoms with van der Waals surface area (Å²) in [4.78, 5) is 3.20. The van der Waals surface area contributed by atoms with Crippen LogP contribution in [-0.4, -0.2) is 27.6 Å². The minimum Gasteiger partial charge on any atom is -0.493 e. The lowest BCUT2D eigenvalue weighted by Crippen LogP contribution is -2.19. The van der Waals surface area contributed by atoms with E-state index in [1.54, 1.807) is 12.1 Å². The van der Waals surface area contributed by atoms with Gasteiger partial charge in [-0.2, -0.15) is 13.2 Å². The number of anilines is 1. The Balaban J connectivity index is 1.64. The Morgan fingerprint density at radius 2 is 1.62 bits per heavy atom. The van der Waals surface area contributed by atoms with Crippen molar-refractivity contribution in [2.24, 2.45) is 0 Å². The number of ether oxygens (including phenoxy) is 3. The van der Waals surface area contributed by atoms with E-state index >= 15 is 0 Å². The molecular formula is C24H17BrF4N2O5S. The molecule has 0 spiro atoms. The Bertz CT molecular complexity index is 1600. The van der Waals surface area contributed by atoms with Crippen LogP contribution in [0.5, 0.6) is 23.0 Å². The number of fused-ring (bicyclic) bond motifs is 1. The van der Waals surface area contributed by atoms with Gasteiger partial charge in [-0.05, 0) is 42.5 Å². The molecule has 0 aliphatic carbocycles. The maximum Gasteiger partial charge on any atom is 0.417 e. The highest BCUT2D eigenvalue weighted by Gasteiger charge is 2.37. The Labute approximate surface area is 217 Å². The van der Waals surface area contributed by atoms with Crippen molar-refractivity contribution < 1.29 is 40.2 Å². The monoisotopic (exact) mass is 600 g/mol. The Hall–Kier alpha value is -3.58. The highest BCUT2D eigenvalue weighted by atomic mass is 79.9. The van der Waals surface area contributed by atoms with Crippen LogP contribution in [0.25, 0.3) is 10.9 Å². The van der Waals surface area contributed by atoms with E-state index in [1.807, 2.05) is 4.72 Å². The minimum absolute atomic E-state index is 0.00218. The summed E-state index contributed by atoms with van der Waals surface area (Å²) in [7, 11) is -1.85. The lowest BCUT2D eigenvalue weighted by molar-refractivity contribution is -0.139. The summed E-state index contributed by atoms with van der Waals surface area (Å²) in [5, 5.41) is 0.528. The summed E-state index contributed by atoms with van der Waals surface area (Å²) < 4.78 is 98.8. The van der Waals surface area contributed by atoms with Crippen LogP contribution in [0.3, 0.4) is 0 Å². The molecule has 0 atom stereocenters. The Morgan fingerprint density at radius 3 is 2.27 bits per heavy atom. The van der Waals surface area contributed by atoms with Crippen molar-refractivity contribution in [1.82, 2.24) is 4.98 Å². The second-order valence-electron chi connectivity index (χ2n) is 7.52. The second-order valence-corrected chi connectivity index (χ2v) is 10.1. The summed E-state index contributed by atoms with van der Waals surface area (Å²) in [6, 6.07) is 10.6. The fourth-order valence-electron chi connectivity index (χ4n) is 3.46. The van der Waals surface area contributed by atoms with Gasteiger partial charge in [0.05, 0.1) is 35.9 Å². The number of aromatic nitrogens is 1. The zero-order valence-corrected chi connectivity index (χ0v) is 21.5. The number of nitrogens with zero attached hydrogens (tertiary/aromatic N) is 1. The Kier molecular flexibility index (Phi) is 7.20. The molecule has 7 nitrogen and oxygen atoms in total. The predicted octanol–water partition coefficient (Wildman–Crippen LogP) is 6.77. The number of nitrogens with one attached hydrogen (secondary N) is 1. The van der Waals surface area contributed by atoms with E-state index in [2.05, 4.69) is 20.9 Å². The molecule has 0 bridgehead atoms. The van der Waals surface area contributed by atoms with Gasteiger partial charge in [-0.3, -0.25) is 9.71 Å². The second kappa shape index (κ2) is 10.1. The number of hydrogen-bond acceptors (Lipinski definition) is 6. The summed E-state index contributed by atoms with van der Waals surface area (Å²) in [6.07, 6.45) is -3.48. The van der Waals surface area contributed by atoms with Crippen LogP contribution in [0.1, 0.15) is 5.56 Å². The quantitative estimate of drug-likeness (QED) is 0.236. The van der Waals surface area contributed by atoms with Gasteiger partial charge in [-0.15, -0.1) is 0 Å². The van der Waals surface area contributed by atoms with Gasteiger partial charge in [-0.25, -0.2) is 12.8 Å². The number of rotatable bonds is 7. The van der Waals surface area contributed by atoms with Crippen molar-refractivity contribution in [1.29, 1.82) is 0 Å². The molecule has 0 amide bonds. The summed E-state index contributed by atoms with van der Waals surface area (Å²) in [5.41, 5.74) is -1.45. The molecule has 0 unspecified atom stereocenters.